The number of aromatic nitrogens is 2. The number of carbonyl (C=O) groups is 1. The zero-order valence-corrected chi connectivity index (χ0v) is 17.9. The van der Waals surface area contributed by atoms with E-state index in [1.165, 1.54) is 30.4 Å². The predicted octanol–water partition coefficient (Wildman–Crippen LogP) is 2.31. The van der Waals surface area contributed by atoms with Gasteiger partial charge in [0.25, 0.3) is 5.56 Å². The molecule has 1 aromatic carbocycles. The lowest BCUT2D eigenvalue weighted by molar-refractivity contribution is -0.130. The summed E-state index contributed by atoms with van der Waals surface area (Å²) in [6.07, 6.45) is 0.223. The highest BCUT2D eigenvalue weighted by Crippen LogP contribution is 2.37. The lowest BCUT2D eigenvalue weighted by atomic mass is 10.0. The first-order chi connectivity index (χ1) is 14.8. The molecule has 0 spiro atoms. The zero-order valence-electron chi connectivity index (χ0n) is 17.1. The van der Waals surface area contributed by atoms with Crippen LogP contribution in [0.4, 0.5) is 0 Å². The normalized spacial score (nSPS) is 15.8. The summed E-state index contributed by atoms with van der Waals surface area (Å²) < 4.78 is 6.24. The van der Waals surface area contributed by atoms with Crippen LogP contribution in [0, 0.1) is 6.92 Å². The van der Waals surface area contributed by atoms with Gasteiger partial charge in [-0.1, -0.05) is 12.1 Å². The maximum Gasteiger partial charge on any atom is 0.335 e. The number of hydrogen-bond donors (Lipinski definition) is 2. The van der Waals surface area contributed by atoms with E-state index < -0.39 is 23.2 Å². The summed E-state index contributed by atoms with van der Waals surface area (Å²) in [5.74, 6) is -0.521. The highest BCUT2D eigenvalue weighted by Gasteiger charge is 2.35. The predicted molar refractivity (Wildman–Crippen MR) is 116 cm³/mol. The molecule has 3 aromatic rings. The molecule has 1 aliphatic rings. The summed E-state index contributed by atoms with van der Waals surface area (Å²) in [5.41, 5.74) is -1.28. The molecule has 160 valence electrons. The van der Waals surface area contributed by atoms with Crippen LogP contribution in [0.3, 0.4) is 0 Å². The number of nitrogens with zero attached hydrogens (tertiary/aromatic N) is 3. The third-order valence-electron chi connectivity index (χ3n) is 5.02. The highest BCUT2D eigenvalue weighted by atomic mass is 32.1. The minimum atomic E-state index is -0.816. The Morgan fingerprint density at radius 2 is 2.00 bits per heavy atom. The summed E-state index contributed by atoms with van der Waals surface area (Å²) in [7, 11) is 1.44. The van der Waals surface area contributed by atoms with Gasteiger partial charge in [-0.3, -0.25) is 14.6 Å². The molecule has 0 saturated heterocycles. The maximum atomic E-state index is 12.7. The fourth-order valence-corrected chi connectivity index (χ4v) is 4.59. The van der Waals surface area contributed by atoms with E-state index in [-0.39, 0.29) is 29.3 Å². The molecular weight excluding hydrogens is 420 g/mol. The number of carbonyl (C=O) groups excluding carboxylic acids is 1. The molecule has 0 unspecified atom stereocenters. The molecule has 0 bridgehead atoms. The van der Waals surface area contributed by atoms with Gasteiger partial charge in [0, 0.05) is 23.1 Å². The number of nitrogens with one attached hydrogen (secondary N) is 1. The van der Waals surface area contributed by atoms with E-state index in [2.05, 4.69) is 10.1 Å². The number of benzene rings is 1. The number of H-pyrrole nitrogens is 1. The molecule has 1 amide bonds. The lowest BCUT2D eigenvalue weighted by Crippen LogP contribution is -2.33. The van der Waals surface area contributed by atoms with Crippen molar-refractivity contribution in [3.8, 4) is 17.3 Å². The van der Waals surface area contributed by atoms with Crippen molar-refractivity contribution in [2.24, 2.45) is 5.10 Å². The number of thiophene rings is 1. The van der Waals surface area contributed by atoms with Crippen molar-refractivity contribution in [1.82, 2.24) is 14.6 Å². The van der Waals surface area contributed by atoms with Gasteiger partial charge in [0.2, 0.25) is 11.8 Å². The molecule has 9 nitrogen and oxygen atoms in total. The Balaban J connectivity index is 1.87. The number of hydrazone groups is 1. The number of aromatic hydroxyl groups is 1. The van der Waals surface area contributed by atoms with Gasteiger partial charge in [0.15, 0.2) is 0 Å². The van der Waals surface area contributed by atoms with Crippen LogP contribution in [0.2, 0.25) is 0 Å². The van der Waals surface area contributed by atoms with E-state index in [1.807, 2.05) is 19.1 Å². The van der Waals surface area contributed by atoms with Crippen LogP contribution in [-0.4, -0.2) is 38.4 Å². The van der Waals surface area contributed by atoms with E-state index in [1.54, 1.807) is 24.3 Å². The molecule has 0 aliphatic carbocycles. The van der Waals surface area contributed by atoms with Crippen molar-refractivity contribution < 1.29 is 14.6 Å². The van der Waals surface area contributed by atoms with Crippen LogP contribution in [0.5, 0.6) is 11.6 Å². The second-order valence-corrected chi connectivity index (χ2v) is 8.36. The summed E-state index contributed by atoms with van der Waals surface area (Å²) >= 11 is 1.53. The van der Waals surface area contributed by atoms with Crippen LogP contribution in [-0.2, 0) is 4.79 Å². The average Bonchev–Trinajstić information content (AvgIpc) is 3.34. The van der Waals surface area contributed by atoms with Gasteiger partial charge in [-0.2, -0.15) is 5.10 Å². The monoisotopic (exact) mass is 440 g/mol. The number of aryl methyl sites for hydroxylation is 1. The molecule has 1 atom stereocenters. The molecule has 0 saturated carbocycles. The van der Waals surface area contributed by atoms with Crippen molar-refractivity contribution in [3.05, 3.63) is 72.6 Å². The highest BCUT2D eigenvalue weighted by molar-refractivity contribution is 7.12. The fourth-order valence-electron chi connectivity index (χ4n) is 3.63. The van der Waals surface area contributed by atoms with E-state index in [9.17, 15) is 19.5 Å². The number of rotatable bonds is 4. The molecule has 2 N–H and O–H groups in total. The lowest BCUT2D eigenvalue weighted by Gasteiger charge is -2.18. The van der Waals surface area contributed by atoms with Crippen molar-refractivity contribution in [1.29, 1.82) is 0 Å². The number of amides is 1. The Hall–Kier alpha value is -3.66. The standard InChI is InChI=1S/C21H20N4O5S/c1-11-8-9-17(31-11)15-10-13(23-25(15)12(2)26)18-19(27)22-21(29)24(20(18)28)14-6-4-5-7-16(14)30-3/h4-9,15,28H,10H2,1-3H3,(H,22,27,29)/t15-/m1/s1. The minimum absolute atomic E-state index is 0.160. The summed E-state index contributed by atoms with van der Waals surface area (Å²) in [4.78, 5) is 41.7. The SMILES string of the molecule is COc1ccccc1-n1c(O)c(C2=NN(C(C)=O)[C@@H](c3ccc(C)s3)C2)c(=O)[nH]c1=O. The number of aromatic amines is 1. The van der Waals surface area contributed by atoms with Crippen LogP contribution in [0.15, 0.2) is 51.1 Å². The Morgan fingerprint density at radius 1 is 1.26 bits per heavy atom. The second-order valence-electron chi connectivity index (χ2n) is 7.04. The molecular formula is C21H20N4O5S. The molecule has 0 radical (unpaired) electrons. The van der Waals surface area contributed by atoms with E-state index >= 15 is 0 Å². The van der Waals surface area contributed by atoms with Gasteiger partial charge < -0.3 is 9.84 Å². The topological polar surface area (TPSA) is 117 Å². The van der Waals surface area contributed by atoms with Crippen molar-refractivity contribution in [2.75, 3.05) is 7.11 Å². The number of hydrogen-bond acceptors (Lipinski definition) is 7. The van der Waals surface area contributed by atoms with Gasteiger partial charge >= 0.3 is 5.69 Å². The minimum Gasteiger partial charge on any atom is -0.495 e. The molecule has 31 heavy (non-hydrogen) atoms. The number of ether oxygens (including phenoxy) is 1. The summed E-state index contributed by atoms with van der Waals surface area (Å²) in [6.45, 7) is 3.35. The number of para-hydroxylation sites is 2. The summed E-state index contributed by atoms with van der Waals surface area (Å²) in [6, 6.07) is 10.1. The first-order valence-corrected chi connectivity index (χ1v) is 10.3. The Morgan fingerprint density at radius 3 is 2.65 bits per heavy atom. The quantitative estimate of drug-likeness (QED) is 0.646. The Bertz CT molecular complexity index is 1320. The van der Waals surface area contributed by atoms with Gasteiger partial charge in [0.1, 0.15) is 11.3 Å². The second kappa shape index (κ2) is 7.88. The maximum absolute atomic E-state index is 12.7. The van der Waals surface area contributed by atoms with Crippen LogP contribution in [0.25, 0.3) is 5.69 Å². The first kappa shape index (κ1) is 20.6. The first-order valence-electron chi connectivity index (χ1n) is 9.47. The molecule has 1 aliphatic heterocycles. The molecule has 3 heterocycles. The molecule has 2 aromatic heterocycles. The van der Waals surface area contributed by atoms with E-state index in [0.717, 1.165) is 14.3 Å². The van der Waals surface area contributed by atoms with E-state index in [0.29, 0.717) is 5.75 Å². The van der Waals surface area contributed by atoms with Crippen LogP contribution < -0.4 is 16.0 Å². The van der Waals surface area contributed by atoms with Gasteiger partial charge in [0.05, 0.1) is 24.6 Å². The van der Waals surface area contributed by atoms with E-state index in [4.69, 9.17) is 4.74 Å². The van der Waals surface area contributed by atoms with Crippen molar-refractivity contribution in [3.63, 3.8) is 0 Å². The molecule has 4 rings (SSSR count). The average molecular weight is 440 g/mol. The molecule has 0 fully saturated rings. The van der Waals surface area contributed by atoms with Crippen LogP contribution in [0.1, 0.15) is 34.7 Å². The smallest absolute Gasteiger partial charge is 0.335 e. The molecule has 10 heteroatoms. The summed E-state index contributed by atoms with van der Waals surface area (Å²) in [5, 5.41) is 16.6. The third kappa shape index (κ3) is 3.55. The van der Waals surface area contributed by atoms with Crippen molar-refractivity contribution >= 4 is 23.0 Å². The zero-order chi connectivity index (χ0) is 22.3. The van der Waals surface area contributed by atoms with Crippen LogP contribution >= 0.6 is 11.3 Å². The fraction of sp³-hybridized carbons (Fsp3) is 0.238. The van der Waals surface area contributed by atoms with Gasteiger partial charge in [-0.15, -0.1) is 11.3 Å². The number of methoxy groups -OCH3 is 1. The largest absolute Gasteiger partial charge is 0.495 e. The van der Waals surface area contributed by atoms with Gasteiger partial charge in [-0.05, 0) is 31.2 Å². The Labute approximate surface area is 180 Å². The Kier molecular flexibility index (Phi) is 5.24. The third-order valence-corrected chi connectivity index (χ3v) is 6.13. The van der Waals surface area contributed by atoms with Gasteiger partial charge in [-0.25, -0.2) is 14.4 Å². The van der Waals surface area contributed by atoms with Crippen molar-refractivity contribution in [2.45, 2.75) is 26.3 Å².